The van der Waals surface area contributed by atoms with Crippen LogP contribution in [0.25, 0.3) is 0 Å². The van der Waals surface area contributed by atoms with E-state index in [4.69, 9.17) is 0 Å². The lowest BCUT2D eigenvalue weighted by molar-refractivity contribution is -0.141. The van der Waals surface area contributed by atoms with Crippen molar-refractivity contribution in [1.82, 2.24) is 24.9 Å². The van der Waals surface area contributed by atoms with Crippen molar-refractivity contribution in [3.8, 4) is 0 Å². The number of aromatic nitrogens is 2. The zero-order valence-corrected chi connectivity index (χ0v) is 16.5. The van der Waals surface area contributed by atoms with Gasteiger partial charge in [-0.25, -0.2) is 0 Å². The third-order valence-electron chi connectivity index (χ3n) is 7.23. The molecule has 7 nitrogen and oxygen atoms in total. The minimum absolute atomic E-state index is 0.0388. The molecule has 3 heterocycles. The minimum Gasteiger partial charge on any atom is -0.348 e. The van der Waals surface area contributed by atoms with Crippen molar-refractivity contribution in [1.29, 1.82) is 0 Å². The van der Waals surface area contributed by atoms with Gasteiger partial charge in [0.1, 0.15) is 0 Å². The number of hydrogen-bond donors (Lipinski definition) is 0. The molecule has 0 radical (unpaired) electrons. The second-order valence-electron chi connectivity index (χ2n) is 8.89. The summed E-state index contributed by atoms with van der Waals surface area (Å²) < 4.78 is 0. The summed E-state index contributed by atoms with van der Waals surface area (Å²) in [5, 5.41) is 7.57. The van der Waals surface area contributed by atoms with Crippen molar-refractivity contribution in [3.05, 3.63) is 24.0 Å². The van der Waals surface area contributed by atoms with Crippen LogP contribution in [-0.4, -0.2) is 84.0 Å². The Bertz CT molecular complexity index is 729. The highest BCUT2D eigenvalue weighted by Crippen LogP contribution is 2.62. The number of amides is 2. The van der Waals surface area contributed by atoms with Gasteiger partial charge in [-0.3, -0.25) is 9.59 Å². The third-order valence-corrected chi connectivity index (χ3v) is 7.23. The Morgan fingerprint density at radius 2 is 1.89 bits per heavy atom. The Balaban J connectivity index is 1.51. The molecule has 2 amide bonds. The van der Waals surface area contributed by atoms with Crippen LogP contribution in [0.3, 0.4) is 0 Å². The van der Waals surface area contributed by atoms with Crippen molar-refractivity contribution < 1.29 is 9.59 Å². The van der Waals surface area contributed by atoms with Crippen molar-refractivity contribution in [2.24, 2.45) is 16.7 Å². The Hall–Kier alpha value is -2.02. The molecule has 1 spiro atoms. The summed E-state index contributed by atoms with van der Waals surface area (Å²) in [6.07, 6.45) is 7.14. The molecule has 146 valence electrons. The first-order chi connectivity index (χ1) is 12.9. The van der Waals surface area contributed by atoms with E-state index in [0.717, 1.165) is 51.9 Å². The molecule has 0 bridgehead atoms. The van der Waals surface area contributed by atoms with Crippen LogP contribution in [0.15, 0.2) is 18.5 Å². The zero-order valence-electron chi connectivity index (χ0n) is 16.5. The van der Waals surface area contributed by atoms with Crippen LogP contribution in [-0.2, 0) is 4.79 Å². The predicted molar refractivity (Wildman–Crippen MR) is 101 cm³/mol. The molecule has 1 saturated carbocycles. The molecule has 7 heteroatoms. The Morgan fingerprint density at radius 1 is 1.15 bits per heavy atom. The van der Waals surface area contributed by atoms with Gasteiger partial charge in [0, 0.05) is 40.3 Å². The summed E-state index contributed by atoms with van der Waals surface area (Å²) in [4.78, 5) is 31.9. The number of rotatable bonds is 2. The Kier molecular flexibility index (Phi) is 4.45. The molecule has 0 unspecified atom stereocenters. The Labute approximate surface area is 160 Å². The molecule has 2 aliphatic heterocycles. The second-order valence-corrected chi connectivity index (χ2v) is 8.89. The summed E-state index contributed by atoms with van der Waals surface area (Å²) in [6, 6.07) is 1.72. The van der Waals surface area contributed by atoms with Crippen LogP contribution >= 0.6 is 0 Å². The summed E-state index contributed by atoms with van der Waals surface area (Å²) >= 11 is 0. The molecule has 1 aliphatic carbocycles. The lowest BCUT2D eigenvalue weighted by Gasteiger charge is -2.44. The summed E-state index contributed by atoms with van der Waals surface area (Å²) in [6.45, 7) is 3.37. The van der Waals surface area contributed by atoms with Crippen molar-refractivity contribution >= 4 is 11.8 Å². The van der Waals surface area contributed by atoms with Crippen molar-refractivity contribution in [3.63, 3.8) is 0 Å². The standard InChI is InChI=1S/C20H29N5O2/c1-23(2)18(27)20-6-5-19(16(20)13-24(3)14-20)7-10-25(11-8-19)17(26)15-4-9-21-22-12-15/h4,9,12,16H,5-8,10-11,13-14H2,1-3H3/t16-,20+/m0/s1. The van der Waals surface area contributed by atoms with Crippen LogP contribution < -0.4 is 0 Å². The first-order valence-corrected chi connectivity index (χ1v) is 9.84. The van der Waals surface area contributed by atoms with Gasteiger partial charge in [0.05, 0.1) is 23.4 Å². The van der Waals surface area contributed by atoms with Crippen molar-refractivity contribution in [2.75, 3.05) is 47.3 Å². The Morgan fingerprint density at radius 3 is 2.52 bits per heavy atom. The molecule has 2 saturated heterocycles. The normalized spacial score (nSPS) is 29.7. The molecular weight excluding hydrogens is 342 g/mol. The van der Waals surface area contributed by atoms with Gasteiger partial charge in [-0.05, 0) is 50.1 Å². The molecule has 2 atom stereocenters. The van der Waals surface area contributed by atoms with E-state index in [9.17, 15) is 9.59 Å². The molecule has 27 heavy (non-hydrogen) atoms. The number of carbonyl (C=O) groups is 2. The van der Waals surface area contributed by atoms with E-state index in [0.29, 0.717) is 11.5 Å². The van der Waals surface area contributed by atoms with Crippen LogP contribution in [0, 0.1) is 16.7 Å². The van der Waals surface area contributed by atoms with Gasteiger partial charge < -0.3 is 14.7 Å². The van der Waals surface area contributed by atoms with Crippen LogP contribution in [0.4, 0.5) is 0 Å². The first-order valence-electron chi connectivity index (χ1n) is 9.84. The molecule has 0 aromatic carbocycles. The highest BCUT2D eigenvalue weighted by Gasteiger charge is 2.64. The van der Waals surface area contributed by atoms with E-state index in [1.807, 2.05) is 19.0 Å². The molecule has 1 aromatic heterocycles. The van der Waals surface area contributed by atoms with Gasteiger partial charge in [-0.2, -0.15) is 10.2 Å². The van der Waals surface area contributed by atoms with Gasteiger partial charge in [0.15, 0.2) is 0 Å². The molecule has 3 fully saturated rings. The lowest BCUT2D eigenvalue weighted by atomic mass is 9.65. The zero-order chi connectivity index (χ0) is 19.2. The average Bonchev–Trinajstić information content (AvgIpc) is 3.17. The van der Waals surface area contributed by atoms with Crippen LogP contribution in [0.5, 0.6) is 0 Å². The molecule has 3 aliphatic rings. The van der Waals surface area contributed by atoms with E-state index in [1.165, 1.54) is 6.20 Å². The largest absolute Gasteiger partial charge is 0.348 e. The minimum atomic E-state index is -0.237. The highest BCUT2D eigenvalue weighted by atomic mass is 16.2. The smallest absolute Gasteiger partial charge is 0.255 e. The summed E-state index contributed by atoms with van der Waals surface area (Å²) in [5.41, 5.74) is 0.550. The monoisotopic (exact) mass is 371 g/mol. The molecular formula is C20H29N5O2. The number of likely N-dealkylation sites (tertiary alicyclic amines) is 2. The fourth-order valence-electron chi connectivity index (χ4n) is 5.94. The lowest BCUT2D eigenvalue weighted by Crippen LogP contribution is -2.49. The topological polar surface area (TPSA) is 69.6 Å². The van der Waals surface area contributed by atoms with Crippen LogP contribution in [0.1, 0.15) is 36.0 Å². The number of nitrogens with zero attached hydrogens (tertiary/aromatic N) is 5. The average molecular weight is 371 g/mol. The van der Waals surface area contributed by atoms with E-state index >= 15 is 0 Å². The molecule has 0 N–H and O–H groups in total. The quantitative estimate of drug-likeness (QED) is 0.779. The van der Waals surface area contributed by atoms with Crippen molar-refractivity contribution in [2.45, 2.75) is 25.7 Å². The number of hydrogen-bond acceptors (Lipinski definition) is 5. The van der Waals surface area contributed by atoms with E-state index in [-0.39, 0.29) is 22.6 Å². The maximum atomic E-state index is 13.1. The maximum Gasteiger partial charge on any atom is 0.255 e. The van der Waals surface area contributed by atoms with Gasteiger partial charge >= 0.3 is 0 Å². The third kappa shape index (κ3) is 2.83. The fraction of sp³-hybridized carbons (Fsp3) is 0.700. The van der Waals surface area contributed by atoms with Gasteiger partial charge in [0.2, 0.25) is 5.91 Å². The number of fused-ring (bicyclic) bond motifs is 2. The first kappa shape index (κ1) is 18.3. The SMILES string of the molecule is CN1C[C@H]2C3(CCN(C(=O)c4ccnnc4)CC3)CC[C@@]2(C(=O)N(C)C)C1. The van der Waals surface area contributed by atoms with Gasteiger partial charge in [0.25, 0.3) is 5.91 Å². The maximum absolute atomic E-state index is 13.1. The molecule has 4 rings (SSSR count). The summed E-state index contributed by atoms with van der Waals surface area (Å²) in [7, 11) is 5.88. The fourth-order valence-corrected chi connectivity index (χ4v) is 5.94. The van der Waals surface area contributed by atoms with Crippen LogP contribution in [0.2, 0.25) is 0 Å². The van der Waals surface area contributed by atoms with E-state index < -0.39 is 0 Å². The highest BCUT2D eigenvalue weighted by molar-refractivity contribution is 5.93. The second kappa shape index (κ2) is 6.55. The predicted octanol–water partition coefficient (Wildman–Crippen LogP) is 1.13. The number of carbonyl (C=O) groups excluding carboxylic acids is 2. The molecule has 1 aromatic rings. The van der Waals surface area contributed by atoms with Gasteiger partial charge in [-0.1, -0.05) is 0 Å². The van der Waals surface area contributed by atoms with E-state index in [2.05, 4.69) is 22.1 Å². The number of piperidine rings is 1. The van der Waals surface area contributed by atoms with E-state index in [1.54, 1.807) is 17.2 Å². The van der Waals surface area contributed by atoms with Gasteiger partial charge in [-0.15, -0.1) is 0 Å². The summed E-state index contributed by atoms with van der Waals surface area (Å²) in [5.74, 6) is 0.719.